The maximum atomic E-state index is 12.9. The van der Waals surface area contributed by atoms with Gasteiger partial charge in [0.15, 0.2) is 15.5 Å². The van der Waals surface area contributed by atoms with Crippen molar-refractivity contribution in [2.45, 2.75) is 43.4 Å². The lowest BCUT2D eigenvalue weighted by Crippen LogP contribution is -2.27. The molecule has 1 N–H and O–H groups in total. The van der Waals surface area contributed by atoms with E-state index in [0.717, 1.165) is 49.0 Å². The fourth-order valence-corrected chi connectivity index (χ4v) is 5.37. The van der Waals surface area contributed by atoms with Crippen molar-refractivity contribution in [1.29, 1.82) is 0 Å². The highest BCUT2D eigenvalue weighted by molar-refractivity contribution is 7.91. The third-order valence-electron chi connectivity index (χ3n) is 5.62. The lowest BCUT2D eigenvalue weighted by Gasteiger charge is -2.06. The zero-order valence-corrected chi connectivity index (χ0v) is 18.3. The Labute approximate surface area is 183 Å². The molecule has 4 rings (SSSR count). The second-order valence-electron chi connectivity index (χ2n) is 7.82. The molecule has 2 aromatic carbocycles. The first-order valence-electron chi connectivity index (χ1n) is 10.8. The molecular formula is C24H27N3O3S. The van der Waals surface area contributed by atoms with E-state index in [1.807, 2.05) is 35.0 Å². The first kappa shape index (κ1) is 21.3. The van der Waals surface area contributed by atoms with Crippen molar-refractivity contribution in [2.75, 3.05) is 12.3 Å². The Morgan fingerprint density at radius 3 is 2.35 bits per heavy atom. The fourth-order valence-electron chi connectivity index (χ4n) is 4.03. The Hall–Kier alpha value is -2.93. The molecule has 0 fully saturated rings. The average molecular weight is 438 g/mol. The van der Waals surface area contributed by atoms with Crippen LogP contribution in [-0.4, -0.2) is 36.4 Å². The average Bonchev–Trinajstić information content (AvgIpc) is 2.99. The normalized spacial score (nSPS) is 13.9. The maximum absolute atomic E-state index is 12.9. The molecule has 0 bridgehead atoms. The number of rotatable bonds is 7. The summed E-state index contributed by atoms with van der Waals surface area (Å²) in [5, 5.41) is 7.54. The van der Waals surface area contributed by atoms with E-state index < -0.39 is 9.84 Å². The molecule has 162 valence electrons. The van der Waals surface area contributed by atoms with Crippen LogP contribution in [0.1, 0.15) is 47.4 Å². The van der Waals surface area contributed by atoms with Crippen LogP contribution >= 0.6 is 0 Å². The number of carbonyl (C=O) groups is 1. The number of aromatic nitrogens is 2. The van der Waals surface area contributed by atoms with Crippen molar-refractivity contribution in [3.63, 3.8) is 0 Å². The minimum Gasteiger partial charge on any atom is -0.351 e. The van der Waals surface area contributed by atoms with Gasteiger partial charge in [0.05, 0.1) is 16.3 Å². The molecular weight excluding hydrogens is 410 g/mol. The highest BCUT2D eigenvalue weighted by atomic mass is 32.2. The van der Waals surface area contributed by atoms with Crippen LogP contribution in [0.2, 0.25) is 0 Å². The number of nitrogens with one attached hydrogen (secondary N) is 1. The van der Waals surface area contributed by atoms with Crippen LogP contribution in [0.4, 0.5) is 0 Å². The van der Waals surface area contributed by atoms with E-state index in [-0.39, 0.29) is 18.2 Å². The van der Waals surface area contributed by atoms with E-state index in [4.69, 9.17) is 0 Å². The summed E-state index contributed by atoms with van der Waals surface area (Å²) < 4.78 is 26.7. The summed E-state index contributed by atoms with van der Waals surface area (Å²) in [4.78, 5) is 13.2. The molecule has 6 nitrogen and oxygen atoms in total. The van der Waals surface area contributed by atoms with Crippen LogP contribution in [0.5, 0.6) is 0 Å². The Kier molecular flexibility index (Phi) is 6.51. The van der Waals surface area contributed by atoms with Crippen molar-refractivity contribution >= 4 is 15.7 Å². The highest BCUT2D eigenvalue weighted by Crippen LogP contribution is 2.26. The fraction of sp³-hybridized carbons (Fsp3) is 0.333. The van der Waals surface area contributed by atoms with E-state index in [9.17, 15) is 13.2 Å². The molecule has 0 spiro atoms. The number of hydrogen-bond acceptors (Lipinski definition) is 4. The van der Waals surface area contributed by atoms with Crippen molar-refractivity contribution in [1.82, 2.24) is 15.1 Å². The predicted octanol–water partition coefficient (Wildman–Crippen LogP) is 3.74. The monoisotopic (exact) mass is 437 g/mol. The van der Waals surface area contributed by atoms with Crippen LogP contribution in [0.3, 0.4) is 0 Å². The van der Waals surface area contributed by atoms with Gasteiger partial charge in [-0.05, 0) is 56.4 Å². The smallest absolute Gasteiger partial charge is 0.272 e. The predicted molar refractivity (Wildman–Crippen MR) is 120 cm³/mol. The number of benzene rings is 2. The van der Waals surface area contributed by atoms with E-state index >= 15 is 0 Å². The topological polar surface area (TPSA) is 81.1 Å². The summed E-state index contributed by atoms with van der Waals surface area (Å²) in [6.45, 7) is 0.290. The van der Waals surface area contributed by atoms with Crippen LogP contribution in [0.25, 0.3) is 5.69 Å². The largest absolute Gasteiger partial charge is 0.351 e. The number of fused-ring (bicyclic) bond motifs is 1. The number of hydrogen-bond donors (Lipinski definition) is 1. The van der Waals surface area contributed by atoms with Crippen molar-refractivity contribution in [3.05, 3.63) is 77.6 Å². The summed E-state index contributed by atoms with van der Waals surface area (Å²) in [6.07, 6.45) is 5.37. The lowest BCUT2D eigenvalue weighted by atomic mass is 10.1. The van der Waals surface area contributed by atoms with Gasteiger partial charge in [-0.25, -0.2) is 13.1 Å². The molecule has 0 aliphatic heterocycles. The van der Waals surface area contributed by atoms with Crippen molar-refractivity contribution in [3.8, 4) is 5.69 Å². The van der Waals surface area contributed by atoms with Crippen LogP contribution in [0, 0.1) is 0 Å². The lowest BCUT2D eigenvalue weighted by molar-refractivity contribution is 0.0947. The van der Waals surface area contributed by atoms with E-state index in [0.29, 0.717) is 17.0 Å². The zero-order chi connectivity index (χ0) is 21.7. The van der Waals surface area contributed by atoms with Gasteiger partial charge in [0.1, 0.15) is 0 Å². The Balaban J connectivity index is 1.46. The molecule has 3 aromatic rings. The zero-order valence-electron chi connectivity index (χ0n) is 17.5. The quantitative estimate of drug-likeness (QED) is 0.451. The van der Waals surface area contributed by atoms with Crippen molar-refractivity contribution < 1.29 is 13.2 Å². The first-order valence-corrected chi connectivity index (χ1v) is 12.4. The molecule has 31 heavy (non-hydrogen) atoms. The summed E-state index contributed by atoms with van der Waals surface area (Å²) >= 11 is 0. The first-order chi connectivity index (χ1) is 15.1. The second kappa shape index (κ2) is 9.47. The van der Waals surface area contributed by atoms with Gasteiger partial charge in [-0.2, -0.15) is 5.10 Å². The number of carbonyl (C=O) groups excluding carboxylic acids is 1. The molecule has 7 heteroatoms. The van der Waals surface area contributed by atoms with E-state index in [2.05, 4.69) is 10.4 Å². The molecule has 1 aliphatic carbocycles. The Bertz CT molecular complexity index is 1140. The molecule has 1 amide bonds. The van der Waals surface area contributed by atoms with Gasteiger partial charge >= 0.3 is 0 Å². The van der Waals surface area contributed by atoms with Gasteiger partial charge in [-0.15, -0.1) is 0 Å². The van der Waals surface area contributed by atoms with Gasteiger partial charge in [0, 0.05) is 17.8 Å². The number of para-hydroxylation sites is 1. The van der Waals surface area contributed by atoms with Crippen LogP contribution < -0.4 is 5.32 Å². The van der Waals surface area contributed by atoms with Crippen molar-refractivity contribution in [2.24, 2.45) is 0 Å². The molecule has 0 saturated heterocycles. The maximum Gasteiger partial charge on any atom is 0.272 e. The van der Waals surface area contributed by atoms with Gasteiger partial charge in [0.2, 0.25) is 0 Å². The minimum atomic E-state index is -3.34. The molecule has 0 radical (unpaired) electrons. The van der Waals surface area contributed by atoms with Gasteiger partial charge in [-0.1, -0.05) is 42.8 Å². The van der Waals surface area contributed by atoms with Crippen LogP contribution in [0.15, 0.2) is 65.6 Å². The molecule has 1 heterocycles. The minimum absolute atomic E-state index is 0.00609. The number of sulfone groups is 1. The van der Waals surface area contributed by atoms with E-state index in [1.165, 1.54) is 0 Å². The highest BCUT2D eigenvalue weighted by Gasteiger charge is 2.24. The van der Waals surface area contributed by atoms with Gasteiger partial charge in [-0.3, -0.25) is 4.79 Å². The summed E-state index contributed by atoms with van der Waals surface area (Å²) in [6, 6.07) is 18.3. The van der Waals surface area contributed by atoms with Crippen LogP contribution in [-0.2, 0) is 22.7 Å². The number of nitrogens with zero attached hydrogens (tertiary/aromatic N) is 2. The summed E-state index contributed by atoms with van der Waals surface area (Å²) in [7, 11) is -3.34. The summed E-state index contributed by atoms with van der Waals surface area (Å²) in [5.74, 6) is -0.238. The third-order valence-corrected chi connectivity index (χ3v) is 7.44. The second-order valence-corrected chi connectivity index (χ2v) is 9.93. The van der Waals surface area contributed by atoms with Gasteiger partial charge < -0.3 is 5.32 Å². The SMILES string of the molecule is O=C(NCCCS(=O)(=O)c1ccccc1)c1nn(-c2ccccc2)c2c1CCCCC2. The molecule has 1 aromatic heterocycles. The third kappa shape index (κ3) is 4.88. The Morgan fingerprint density at radius 1 is 0.935 bits per heavy atom. The molecule has 0 atom stereocenters. The number of amides is 1. The molecule has 0 saturated carbocycles. The summed E-state index contributed by atoms with van der Waals surface area (Å²) in [5.41, 5.74) is 3.55. The molecule has 0 unspecified atom stereocenters. The van der Waals surface area contributed by atoms with E-state index in [1.54, 1.807) is 30.3 Å². The van der Waals surface area contributed by atoms with Gasteiger partial charge in [0.25, 0.3) is 5.91 Å². The molecule has 1 aliphatic rings. The standard InChI is InChI=1S/C24H27N3O3S/c28-24(25-17-10-18-31(29,30)20-13-6-2-7-14-20)23-21-15-8-3-9-16-22(21)27(26-23)19-11-4-1-5-12-19/h1-2,4-7,11-14H,3,8-10,15-18H2,(H,25,28). The Morgan fingerprint density at radius 2 is 1.61 bits per heavy atom.